The van der Waals surface area contributed by atoms with Crippen LogP contribution >= 0.6 is 23.1 Å². The molecule has 7 nitrogen and oxygen atoms in total. The largest absolute Gasteiger partial charge is 0.295 e. The van der Waals surface area contributed by atoms with Gasteiger partial charge in [0.1, 0.15) is 0 Å². The maximum atomic E-state index is 12.2. The second-order valence-electron chi connectivity index (χ2n) is 4.28. The lowest BCUT2D eigenvalue weighted by atomic mass is 10.3. The zero-order chi connectivity index (χ0) is 16.1. The summed E-state index contributed by atoms with van der Waals surface area (Å²) in [7, 11) is 0. The minimum absolute atomic E-state index is 0.212. The lowest BCUT2D eigenvalue weighted by Gasteiger charge is -1.98. The molecule has 1 amide bonds. The molecule has 0 aliphatic heterocycles. The van der Waals surface area contributed by atoms with Gasteiger partial charge in [0.15, 0.2) is 10.0 Å². The molecule has 3 aromatic rings. The number of hydrogen-bond donors (Lipinski definition) is 1. The van der Waals surface area contributed by atoms with Crippen molar-refractivity contribution in [2.24, 2.45) is 0 Å². The topological polar surface area (TPSA) is 85.6 Å². The van der Waals surface area contributed by atoms with Crippen LogP contribution in [0, 0.1) is 0 Å². The Bertz CT molecular complexity index is 814. The van der Waals surface area contributed by atoms with Crippen LogP contribution in [0.1, 0.15) is 10.5 Å². The van der Waals surface area contributed by atoms with E-state index in [0.717, 1.165) is 15.8 Å². The predicted octanol–water partition coefficient (Wildman–Crippen LogP) is 2.65. The molecule has 1 aromatic carbocycles. The highest BCUT2D eigenvalue weighted by Crippen LogP contribution is 2.25. The number of nitrogens with one attached hydrogen (secondary N) is 1. The fourth-order valence-electron chi connectivity index (χ4n) is 1.66. The van der Waals surface area contributed by atoms with E-state index in [4.69, 9.17) is 0 Å². The molecule has 2 heterocycles. The molecule has 0 spiro atoms. The summed E-state index contributed by atoms with van der Waals surface area (Å²) in [6.45, 7) is 3.65. The molecule has 0 fully saturated rings. The number of benzene rings is 1. The monoisotopic (exact) mass is 344 g/mol. The van der Waals surface area contributed by atoms with Crippen LogP contribution < -0.4 is 5.32 Å². The fraction of sp³-hybridized carbons (Fsp3) is 0.0714. The molecule has 1 N–H and O–H groups in total. The molecule has 3 rings (SSSR count). The van der Waals surface area contributed by atoms with Gasteiger partial charge in [-0.3, -0.25) is 10.1 Å². The van der Waals surface area contributed by atoms with Gasteiger partial charge in [-0.1, -0.05) is 47.4 Å². The van der Waals surface area contributed by atoms with Crippen molar-refractivity contribution in [3.8, 4) is 5.69 Å². The number of para-hydroxylation sites is 1. The van der Waals surface area contributed by atoms with Gasteiger partial charge in [0.2, 0.25) is 5.13 Å². The van der Waals surface area contributed by atoms with Gasteiger partial charge in [0, 0.05) is 5.75 Å². The third-order valence-electron chi connectivity index (χ3n) is 2.66. The molecule has 23 heavy (non-hydrogen) atoms. The van der Waals surface area contributed by atoms with Crippen molar-refractivity contribution >= 4 is 34.1 Å². The lowest BCUT2D eigenvalue weighted by Crippen LogP contribution is -2.13. The zero-order valence-electron chi connectivity index (χ0n) is 11.9. The van der Waals surface area contributed by atoms with Crippen molar-refractivity contribution in [2.45, 2.75) is 4.34 Å². The van der Waals surface area contributed by atoms with Crippen LogP contribution in [0.15, 0.2) is 53.5 Å². The standard InChI is InChI=1S/C14H12N6OS2/c1-2-8-22-14-18-17-13(23-14)16-12(21)11-9-15-20(19-11)10-6-4-3-5-7-10/h2-7,9H,1,8H2,(H,16,17,21). The first-order chi connectivity index (χ1) is 11.3. The lowest BCUT2D eigenvalue weighted by molar-refractivity contribution is 0.102. The third-order valence-corrected chi connectivity index (χ3v) is 4.63. The van der Waals surface area contributed by atoms with Crippen LogP contribution in [-0.2, 0) is 0 Å². The summed E-state index contributed by atoms with van der Waals surface area (Å²) in [6, 6.07) is 9.37. The minimum atomic E-state index is -0.372. The number of carbonyl (C=O) groups is 1. The van der Waals surface area contributed by atoms with Gasteiger partial charge in [0.05, 0.1) is 11.9 Å². The van der Waals surface area contributed by atoms with Crippen molar-refractivity contribution in [2.75, 3.05) is 11.1 Å². The Morgan fingerprint density at radius 2 is 2.17 bits per heavy atom. The van der Waals surface area contributed by atoms with Gasteiger partial charge in [-0.25, -0.2) is 0 Å². The first kappa shape index (κ1) is 15.4. The second kappa shape index (κ2) is 7.16. The quantitative estimate of drug-likeness (QED) is 0.420. The van der Waals surface area contributed by atoms with E-state index in [1.165, 1.54) is 34.1 Å². The van der Waals surface area contributed by atoms with Gasteiger partial charge in [-0.15, -0.1) is 21.9 Å². The molecule has 0 bridgehead atoms. The average molecular weight is 344 g/mol. The second-order valence-corrected chi connectivity index (χ2v) is 6.53. The number of rotatable bonds is 6. The van der Waals surface area contributed by atoms with Crippen LogP contribution in [0.25, 0.3) is 5.69 Å². The van der Waals surface area contributed by atoms with Crippen LogP contribution in [0.4, 0.5) is 5.13 Å². The van der Waals surface area contributed by atoms with Crippen LogP contribution in [0.2, 0.25) is 0 Å². The third kappa shape index (κ3) is 3.82. The van der Waals surface area contributed by atoms with E-state index in [2.05, 4.69) is 32.3 Å². The van der Waals surface area contributed by atoms with Crippen molar-refractivity contribution in [1.29, 1.82) is 0 Å². The molecule has 0 saturated heterocycles. The van der Waals surface area contributed by atoms with Crippen molar-refractivity contribution < 1.29 is 4.79 Å². The Labute approximate surface area is 140 Å². The van der Waals surface area contributed by atoms with E-state index in [1.807, 2.05) is 30.3 Å². The molecular formula is C14H12N6OS2. The average Bonchev–Trinajstić information content (AvgIpc) is 3.23. The van der Waals surface area contributed by atoms with Crippen molar-refractivity contribution in [1.82, 2.24) is 25.2 Å². The Morgan fingerprint density at radius 3 is 2.96 bits per heavy atom. The first-order valence-electron chi connectivity index (χ1n) is 6.62. The Morgan fingerprint density at radius 1 is 1.35 bits per heavy atom. The smallest absolute Gasteiger partial charge is 0.279 e. The highest BCUT2D eigenvalue weighted by molar-refractivity contribution is 8.01. The maximum Gasteiger partial charge on any atom is 0.279 e. The summed E-state index contributed by atoms with van der Waals surface area (Å²) in [5.41, 5.74) is 0.995. The molecular weight excluding hydrogens is 332 g/mol. The SMILES string of the molecule is C=CCSc1nnc(NC(=O)c2cnn(-c3ccccc3)n2)s1. The summed E-state index contributed by atoms with van der Waals surface area (Å²) in [4.78, 5) is 13.6. The molecule has 9 heteroatoms. The number of amides is 1. The van der Waals surface area contributed by atoms with E-state index in [-0.39, 0.29) is 11.6 Å². The van der Waals surface area contributed by atoms with E-state index < -0.39 is 0 Å². The Kier molecular flexibility index (Phi) is 4.79. The van der Waals surface area contributed by atoms with Gasteiger partial charge >= 0.3 is 0 Å². The molecule has 2 aromatic heterocycles. The van der Waals surface area contributed by atoms with Crippen molar-refractivity contribution in [3.05, 3.63) is 54.9 Å². The van der Waals surface area contributed by atoms with Crippen LogP contribution in [0.5, 0.6) is 0 Å². The summed E-state index contributed by atoms with van der Waals surface area (Å²) in [6.07, 6.45) is 3.20. The number of carbonyl (C=O) groups excluding carboxylic acids is 1. The van der Waals surface area contributed by atoms with Gasteiger partial charge < -0.3 is 0 Å². The molecule has 0 radical (unpaired) electrons. The van der Waals surface area contributed by atoms with Gasteiger partial charge in [0.25, 0.3) is 5.91 Å². The number of thioether (sulfide) groups is 1. The normalized spacial score (nSPS) is 10.4. The van der Waals surface area contributed by atoms with E-state index in [1.54, 1.807) is 6.08 Å². The highest BCUT2D eigenvalue weighted by Gasteiger charge is 2.14. The van der Waals surface area contributed by atoms with Gasteiger partial charge in [-0.2, -0.15) is 9.90 Å². The molecule has 0 atom stereocenters. The number of nitrogens with zero attached hydrogens (tertiary/aromatic N) is 5. The first-order valence-corrected chi connectivity index (χ1v) is 8.43. The van der Waals surface area contributed by atoms with Crippen molar-refractivity contribution in [3.63, 3.8) is 0 Å². The predicted molar refractivity (Wildman–Crippen MR) is 90.1 cm³/mol. The zero-order valence-corrected chi connectivity index (χ0v) is 13.5. The summed E-state index contributed by atoms with van der Waals surface area (Å²) in [5, 5.41) is 19.3. The molecule has 0 aliphatic carbocycles. The minimum Gasteiger partial charge on any atom is -0.295 e. The van der Waals surface area contributed by atoms with E-state index in [9.17, 15) is 4.79 Å². The number of anilines is 1. The molecule has 0 saturated carbocycles. The highest BCUT2D eigenvalue weighted by atomic mass is 32.2. The van der Waals surface area contributed by atoms with Crippen LogP contribution in [0.3, 0.4) is 0 Å². The number of aromatic nitrogens is 5. The van der Waals surface area contributed by atoms with Gasteiger partial charge in [-0.05, 0) is 12.1 Å². The Hall–Kier alpha value is -2.52. The van der Waals surface area contributed by atoms with E-state index >= 15 is 0 Å². The number of hydrogen-bond acceptors (Lipinski definition) is 7. The molecule has 0 unspecified atom stereocenters. The maximum absolute atomic E-state index is 12.2. The molecule has 116 valence electrons. The molecule has 0 aliphatic rings. The van der Waals surface area contributed by atoms with E-state index in [0.29, 0.717) is 5.13 Å². The summed E-state index contributed by atoms with van der Waals surface area (Å²) in [5.74, 6) is 0.372. The summed E-state index contributed by atoms with van der Waals surface area (Å²) < 4.78 is 0.771. The Balaban J connectivity index is 1.68. The summed E-state index contributed by atoms with van der Waals surface area (Å²) >= 11 is 2.81. The fourth-order valence-corrected chi connectivity index (χ4v) is 3.17. The van der Waals surface area contributed by atoms with Crippen LogP contribution in [-0.4, -0.2) is 36.9 Å².